The van der Waals surface area contributed by atoms with E-state index in [0.717, 1.165) is 43.7 Å². The second kappa shape index (κ2) is 5.91. The lowest BCUT2D eigenvalue weighted by Gasteiger charge is -2.12. The van der Waals surface area contributed by atoms with Crippen LogP contribution in [0.5, 0.6) is 5.75 Å². The quantitative estimate of drug-likeness (QED) is 0.383. The molecule has 1 fully saturated rings. The molecule has 28 heavy (non-hydrogen) atoms. The predicted molar refractivity (Wildman–Crippen MR) is 106 cm³/mol. The maximum Gasteiger partial charge on any atom is 0.291 e. The Balaban J connectivity index is 1.79. The number of fused-ring (bicyclic) bond motifs is 4. The standard InChI is InChI=1S/C22H22N2O4/c1-10-16-9-24(22-21(27)20(26)12(3)28-22)7-6-14(16)11(2)19-18(10)15-8-13(25)4-5-17(15)23-19/h4-9,12,20-22,25-27H,1-3H3/p+1/t12-,20-,21-,22-/m1/s1. The van der Waals surface area contributed by atoms with E-state index < -0.39 is 24.5 Å². The summed E-state index contributed by atoms with van der Waals surface area (Å²) in [5, 5.41) is 34.6. The van der Waals surface area contributed by atoms with E-state index in [0.29, 0.717) is 0 Å². The highest BCUT2D eigenvalue weighted by molar-refractivity contribution is 6.16. The van der Waals surface area contributed by atoms with Gasteiger partial charge in [-0.3, -0.25) is 0 Å². The smallest absolute Gasteiger partial charge is 0.291 e. The summed E-state index contributed by atoms with van der Waals surface area (Å²) in [5.41, 5.74) is 4.25. The molecule has 1 saturated heterocycles. The lowest BCUT2D eigenvalue weighted by atomic mass is 9.97. The Kier molecular flexibility index (Phi) is 3.68. The third-order valence-electron chi connectivity index (χ3n) is 6.09. The molecule has 0 radical (unpaired) electrons. The number of phenols is 1. The maximum atomic E-state index is 10.4. The molecule has 6 nitrogen and oxygen atoms in total. The Hall–Kier alpha value is -2.67. The summed E-state index contributed by atoms with van der Waals surface area (Å²) < 4.78 is 7.60. The summed E-state index contributed by atoms with van der Waals surface area (Å²) in [6.07, 6.45) is 0.912. The number of ether oxygens (including phenoxy) is 1. The van der Waals surface area contributed by atoms with Crippen LogP contribution < -0.4 is 4.57 Å². The molecular weight excluding hydrogens is 356 g/mol. The highest BCUT2D eigenvalue weighted by Gasteiger charge is 2.46. The average molecular weight is 379 g/mol. The maximum absolute atomic E-state index is 10.4. The zero-order chi connectivity index (χ0) is 19.7. The first kappa shape index (κ1) is 17.4. The van der Waals surface area contributed by atoms with Gasteiger partial charge in [0.1, 0.15) is 11.9 Å². The van der Waals surface area contributed by atoms with Crippen molar-refractivity contribution >= 4 is 32.6 Å². The summed E-state index contributed by atoms with van der Waals surface area (Å²) in [4.78, 5) is 3.48. The van der Waals surface area contributed by atoms with Gasteiger partial charge in [0.2, 0.25) is 0 Å². The molecule has 1 aliphatic heterocycles. The largest absolute Gasteiger partial charge is 0.508 e. The molecule has 2 aromatic carbocycles. The zero-order valence-corrected chi connectivity index (χ0v) is 16.0. The summed E-state index contributed by atoms with van der Waals surface area (Å²) in [6, 6.07) is 7.37. The van der Waals surface area contributed by atoms with E-state index in [1.54, 1.807) is 19.1 Å². The summed E-state index contributed by atoms with van der Waals surface area (Å²) in [6.45, 7) is 5.90. The first-order valence-electron chi connectivity index (χ1n) is 9.46. The number of aromatic hydroxyl groups is 1. The second-order valence-corrected chi connectivity index (χ2v) is 7.79. The SMILES string of the molecule is Cc1c2cc[n+]([C@@H]3O[C@H](C)[C@@H](O)[C@H]3O)cc2c(C)c2c1[nH]c1ccc(O)cc12. The number of aryl methyl sites for hydroxylation is 2. The first-order valence-corrected chi connectivity index (χ1v) is 9.46. The topological polar surface area (TPSA) is 89.6 Å². The molecule has 4 atom stereocenters. The Bertz CT molecular complexity index is 1250. The van der Waals surface area contributed by atoms with Gasteiger partial charge in [0, 0.05) is 27.7 Å². The molecule has 6 heteroatoms. The minimum atomic E-state index is -0.979. The Morgan fingerprint density at radius 3 is 2.50 bits per heavy atom. The predicted octanol–water partition coefficient (Wildman–Crippen LogP) is 2.72. The van der Waals surface area contributed by atoms with E-state index >= 15 is 0 Å². The van der Waals surface area contributed by atoms with Gasteiger partial charge in [0.25, 0.3) is 6.23 Å². The minimum Gasteiger partial charge on any atom is -0.508 e. The van der Waals surface area contributed by atoms with E-state index in [1.807, 2.05) is 29.1 Å². The highest BCUT2D eigenvalue weighted by atomic mass is 16.6. The number of nitrogens with zero attached hydrogens (tertiary/aromatic N) is 1. The zero-order valence-electron chi connectivity index (χ0n) is 16.0. The molecule has 4 aromatic rings. The Morgan fingerprint density at radius 1 is 1.00 bits per heavy atom. The molecule has 5 rings (SSSR count). The number of aliphatic hydroxyl groups is 2. The van der Waals surface area contributed by atoms with Crippen LogP contribution in [-0.4, -0.2) is 38.6 Å². The van der Waals surface area contributed by atoms with Gasteiger partial charge in [0.15, 0.2) is 18.5 Å². The number of aromatic amines is 1. The molecule has 0 unspecified atom stereocenters. The molecular formula is C22H23N2O4+. The average Bonchev–Trinajstić information content (AvgIpc) is 3.18. The molecule has 2 aromatic heterocycles. The number of rotatable bonds is 1. The van der Waals surface area contributed by atoms with Crippen molar-refractivity contribution in [3.05, 3.63) is 47.8 Å². The van der Waals surface area contributed by atoms with E-state index in [2.05, 4.69) is 18.8 Å². The minimum absolute atomic E-state index is 0.235. The normalized spacial score (nSPS) is 25.3. The number of phenolic OH excluding ortho intramolecular Hbond substituents is 1. The number of nitrogens with one attached hydrogen (secondary N) is 1. The van der Waals surface area contributed by atoms with Crippen LogP contribution in [0.15, 0.2) is 36.7 Å². The van der Waals surface area contributed by atoms with Crippen LogP contribution in [0.3, 0.4) is 0 Å². The lowest BCUT2D eigenvalue weighted by molar-refractivity contribution is -0.764. The van der Waals surface area contributed by atoms with Gasteiger partial charge in [-0.1, -0.05) is 0 Å². The molecule has 0 spiro atoms. The number of hydrogen-bond acceptors (Lipinski definition) is 4. The molecule has 0 bridgehead atoms. The van der Waals surface area contributed by atoms with Gasteiger partial charge in [-0.05, 0) is 55.5 Å². The van der Waals surface area contributed by atoms with E-state index in [1.165, 1.54) is 0 Å². The van der Waals surface area contributed by atoms with Crippen LogP contribution in [0.1, 0.15) is 24.3 Å². The molecule has 1 aliphatic rings. The fourth-order valence-electron chi connectivity index (χ4n) is 4.49. The Morgan fingerprint density at radius 2 is 1.79 bits per heavy atom. The summed E-state index contributed by atoms with van der Waals surface area (Å²) in [7, 11) is 0. The van der Waals surface area contributed by atoms with Gasteiger partial charge in [-0.2, -0.15) is 4.57 Å². The summed E-state index contributed by atoms with van der Waals surface area (Å²) in [5.74, 6) is 0.235. The molecule has 0 saturated carbocycles. The Labute approximate surface area is 161 Å². The number of aliphatic hydroxyl groups excluding tert-OH is 2. The number of hydrogen-bond donors (Lipinski definition) is 4. The van der Waals surface area contributed by atoms with E-state index in [4.69, 9.17) is 4.74 Å². The number of pyridine rings is 1. The fourth-order valence-corrected chi connectivity index (χ4v) is 4.49. The van der Waals surface area contributed by atoms with Crippen molar-refractivity contribution in [2.75, 3.05) is 0 Å². The van der Waals surface area contributed by atoms with Crippen molar-refractivity contribution in [2.24, 2.45) is 0 Å². The van der Waals surface area contributed by atoms with Crippen LogP contribution in [0.25, 0.3) is 32.6 Å². The molecule has 3 heterocycles. The molecule has 0 aliphatic carbocycles. The van der Waals surface area contributed by atoms with Gasteiger partial charge < -0.3 is 25.0 Å². The van der Waals surface area contributed by atoms with Crippen molar-refractivity contribution < 1.29 is 24.6 Å². The van der Waals surface area contributed by atoms with Gasteiger partial charge in [-0.25, -0.2) is 0 Å². The number of H-pyrrole nitrogens is 1. The highest BCUT2D eigenvalue weighted by Crippen LogP contribution is 2.37. The van der Waals surface area contributed by atoms with Crippen LogP contribution in [0.2, 0.25) is 0 Å². The van der Waals surface area contributed by atoms with Gasteiger partial charge in [0.05, 0.1) is 11.6 Å². The van der Waals surface area contributed by atoms with Crippen molar-refractivity contribution in [3.63, 3.8) is 0 Å². The third-order valence-corrected chi connectivity index (χ3v) is 6.09. The van der Waals surface area contributed by atoms with E-state index in [-0.39, 0.29) is 5.75 Å². The van der Waals surface area contributed by atoms with Crippen molar-refractivity contribution in [3.8, 4) is 5.75 Å². The van der Waals surface area contributed by atoms with Gasteiger partial charge in [-0.15, -0.1) is 0 Å². The van der Waals surface area contributed by atoms with Gasteiger partial charge >= 0.3 is 0 Å². The van der Waals surface area contributed by atoms with Crippen LogP contribution >= 0.6 is 0 Å². The van der Waals surface area contributed by atoms with Crippen molar-refractivity contribution in [2.45, 2.75) is 45.3 Å². The van der Waals surface area contributed by atoms with Crippen LogP contribution in [-0.2, 0) is 4.74 Å². The second-order valence-electron chi connectivity index (χ2n) is 7.79. The molecule has 0 amide bonds. The number of benzene rings is 2. The van der Waals surface area contributed by atoms with E-state index in [9.17, 15) is 15.3 Å². The lowest BCUT2D eigenvalue weighted by Crippen LogP contribution is -2.45. The van der Waals surface area contributed by atoms with Crippen molar-refractivity contribution in [1.29, 1.82) is 0 Å². The fraction of sp³-hybridized carbons (Fsp3) is 0.318. The summed E-state index contributed by atoms with van der Waals surface area (Å²) >= 11 is 0. The molecule has 4 N–H and O–H groups in total. The van der Waals surface area contributed by atoms with Crippen molar-refractivity contribution in [1.82, 2.24) is 4.98 Å². The van der Waals surface area contributed by atoms with Crippen LogP contribution in [0, 0.1) is 13.8 Å². The monoisotopic (exact) mass is 379 g/mol. The first-order chi connectivity index (χ1) is 13.4. The number of aromatic nitrogens is 2. The molecule has 144 valence electrons. The third kappa shape index (κ3) is 2.29. The van der Waals surface area contributed by atoms with Crippen LogP contribution in [0.4, 0.5) is 0 Å².